The standard InChI is InChI=1S/C11H14ClFO2/c1-3-11(2,14)7-15-9-6-4-5-8(12)10(9)13/h4-6,14H,3,7H2,1-2H3. The lowest BCUT2D eigenvalue weighted by atomic mass is 10.1. The van der Waals surface area contributed by atoms with Gasteiger partial charge < -0.3 is 9.84 Å². The van der Waals surface area contributed by atoms with Gasteiger partial charge in [0.15, 0.2) is 11.6 Å². The van der Waals surface area contributed by atoms with E-state index in [1.165, 1.54) is 12.1 Å². The third-order valence-electron chi connectivity index (χ3n) is 2.22. The predicted octanol–water partition coefficient (Wildman–Crippen LogP) is 3.02. The molecule has 0 aliphatic carbocycles. The normalized spacial score (nSPS) is 14.7. The monoisotopic (exact) mass is 232 g/mol. The van der Waals surface area contributed by atoms with Crippen LogP contribution in [0.15, 0.2) is 18.2 Å². The van der Waals surface area contributed by atoms with Gasteiger partial charge in [-0.15, -0.1) is 0 Å². The van der Waals surface area contributed by atoms with Gasteiger partial charge in [0.05, 0.1) is 10.6 Å². The molecule has 1 aromatic rings. The van der Waals surface area contributed by atoms with Gasteiger partial charge in [0, 0.05) is 0 Å². The number of rotatable bonds is 4. The summed E-state index contributed by atoms with van der Waals surface area (Å²) in [5.41, 5.74) is -0.950. The first-order valence-corrected chi connectivity index (χ1v) is 5.13. The minimum Gasteiger partial charge on any atom is -0.487 e. The van der Waals surface area contributed by atoms with Crippen molar-refractivity contribution in [3.05, 3.63) is 29.0 Å². The second kappa shape index (κ2) is 4.81. The van der Waals surface area contributed by atoms with Crippen LogP contribution in [0.25, 0.3) is 0 Å². The predicted molar refractivity (Wildman–Crippen MR) is 57.8 cm³/mol. The van der Waals surface area contributed by atoms with Crippen LogP contribution in [0, 0.1) is 5.82 Å². The summed E-state index contributed by atoms with van der Waals surface area (Å²) < 4.78 is 18.5. The Bertz CT molecular complexity index is 339. The molecule has 0 spiro atoms. The van der Waals surface area contributed by atoms with Crippen molar-refractivity contribution < 1.29 is 14.2 Å². The molecule has 0 aliphatic rings. The maximum Gasteiger partial charge on any atom is 0.183 e. The van der Waals surface area contributed by atoms with Crippen molar-refractivity contribution in [3.63, 3.8) is 0 Å². The van der Waals surface area contributed by atoms with E-state index in [0.29, 0.717) is 6.42 Å². The summed E-state index contributed by atoms with van der Waals surface area (Å²) >= 11 is 5.58. The van der Waals surface area contributed by atoms with Crippen LogP contribution in [-0.4, -0.2) is 17.3 Å². The van der Waals surface area contributed by atoms with Gasteiger partial charge >= 0.3 is 0 Å². The Balaban J connectivity index is 2.70. The number of benzene rings is 1. The summed E-state index contributed by atoms with van der Waals surface area (Å²) in [5, 5.41) is 9.68. The molecule has 0 saturated heterocycles. The second-order valence-corrected chi connectivity index (χ2v) is 4.10. The molecule has 2 nitrogen and oxygen atoms in total. The van der Waals surface area contributed by atoms with Crippen LogP contribution in [0.2, 0.25) is 5.02 Å². The SMILES string of the molecule is CCC(C)(O)COc1cccc(Cl)c1F. The Morgan fingerprint density at radius 2 is 2.20 bits per heavy atom. The van der Waals surface area contributed by atoms with Gasteiger partial charge in [-0.3, -0.25) is 0 Å². The summed E-state index contributed by atoms with van der Waals surface area (Å²) in [5.74, 6) is -0.526. The minimum absolute atomic E-state index is 0.0173. The third kappa shape index (κ3) is 3.36. The number of hydrogen-bond acceptors (Lipinski definition) is 2. The molecule has 4 heteroatoms. The summed E-state index contributed by atoms with van der Waals surface area (Å²) in [6.45, 7) is 3.51. The van der Waals surface area contributed by atoms with E-state index in [1.54, 1.807) is 13.0 Å². The van der Waals surface area contributed by atoms with E-state index in [-0.39, 0.29) is 17.4 Å². The first-order chi connectivity index (χ1) is 6.96. The van der Waals surface area contributed by atoms with Crippen LogP contribution in [0.5, 0.6) is 5.75 Å². The third-order valence-corrected chi connectivity index (χ3v) is 2.51. The summed E-state index contributed by atoms with van der Waals surface area (Å²) in [6, 6.07) is 4.52. The number of halogens is 2. The van der Waals surface area contributed by atoms with Crippen molar-refractivity contribution in [1.29, 1.82) is 0 Å². The van der Waals surface area contributed by atoms with Gasteiger partial charge in [-0.05, 0) is 25.5 Å². The van der Waals surface area contributed by atoms with E-state index in [2.05, 4.69) is 0 Å². The van der Waals surface area contributed by atoms with Crippen molar-refractivity contribution in [2.75, 3.05) is 6.61 Å². The highest BCUT2D eigenvalue weighted by Crippen LogP contribution is 2.25. The van der Waals surface area contributed by atoms with Gasteiger partial charge in [-0.2, -0.15) is 0 Å². The molecule has 0 radical (unpaired) electrons. The van der Waals surface area contributed by atoms with Gasteiger partial charge in [0.25, 0.3) is 0 Å². The van der Waals surface area contributed by atoms with E-state index in [0.717, 1.165) is 0 Å². The lowest BCUT2D eigenvalue weighted by Crippen LogP contribution is -2.31. The highest BCUT2D eigenvalue weighted by atomic mass is 35.5. The van der Waals surface area contributed by atoms with Crippen LogP contribution in [-0.2, 0) is 0 Å². The molecule has 1 atom stereocenters. The van der Waals surface area contributed by atoms with Crippen molar-refractivity contribution in [3.8, 4) is 5.75 Å². The molecule has 1 unspecified atom stereocenters. The van der Waals surface area contributed by atoms with Crippen LogP contribution in [0.3, 0.4) is 0 Å². The lowest BCUT2D eigenvalue weighted by molar-refractivity contribution is 0.00734. The molecule has 0 aliphatic heterocycles. The Hall–Kier alpha value is -0.800. The van der Waals surface area contributed by atoms with E-state index in [1.807, 2.05) is 6.92 Å². The van der Waals surface area contributed by atoms with Crippen LogP contribution >= 0.6 is 11.6 Å². The smallest absolute Gasteiger partial charge is 0.183 e. The first-order valence-electron chi connectivity index (χ1n) is 4.75. The number of aliphatic hydroxyl groups is 1. The summed E-state index contributed by atoms with van der Waals surface area (Å²) in [7, 11) is 0. The highest BCUT2D eigenvalue weighted by molar-refractivity contribution is 6.30. The molecule has 1 rings (SSSR count). The molecule has 0 fully saturated rings. The van der Waals surface area contributed by atoms with Crippen molar-refractivity contribution in [2.45, 2.75) is 25.9 Å². The largest absolute Gasteiger partial charge is 0.487 e. The fraction of sp³-hybridized carbons (Fsp3) is 0.455. The van der Waals surface area contributed by atoms with Crippen molar-refractivity contribution in [1.82, 2.24) is 0 Å². The molecule has 84 valence electrons. The average Bonchev–Trinajstić information content (AvgIpc) is 2.20. The Morgan fingerprint density at radius 3 is 2.80 bits per heavy atom. The van der Waals surface area contributed by atoms with Crippen LogP contribution < -0.4 is 4.74 Å². The average molecular weight is 233 g/mol. The van der Waals surface area contributed by atoms with Crippen LogP contribution in [0.4, 0.5) is 4.39 Å². The highest BCUT2D eigenvalue weighted by Gasteiger charge is 2.19. The topological polar surface area (TPSA) is 29.5 Å². The van der Waals surface area contributed by atoms with Gasteiger partial charge in [0.1, 0.15) is 6.61 Å². The molecule has 0 amide bonds. The fourth-order valence-corrected chi connectivity index (χ4v) is 1.10. The van der Waals surface area contributed by atoms with E-state index >= 15 is 0 Å². The Kier molecular flexibility index (Phi) is 3.94. The molecule has 1 N–H and O–H groups in total. The molecule has 0 bridgehead atoms. The lowest BCUT2D eigenvalue weighted by Gasteiger charge is -2.21. The molecule has 0 aromatic heterocycles. The first kappa shape index (κ1) is 12.3. The maximum atomic E-state index is 13.3. The van der Waals surface area contributed by atoms with E-state index < -0.39 is 11.4 Å². The molecule has 1 aromatic carbocycles. The van der Waals surface area contributed by atoms with Gasteiger partial charge in [0.2, 0.25) is 0 Å². The minimum atomic E-state index is -0.950. The van der Waals surface area contributed by atoms with E-state index in [4.69, 9.17) is 16.3 Å². The number of ether oxygens (including phenoxy) is 1. The summed E-state index contributed by atoms with van der Waals surface area (Å²) in [6.07, 6.45) is 0.537. The Labute approximate surface area is 93.6 Å². The molecular weight excluding hydrogens is 219 g/mol. The van der Waals surface area contributed by atoms with Gasteiger partial charge in [-0.1, -0.05) is 24.6 Å². The fourth-order valence-electron chi connectivity index (χ4n) is 0.931. The summed E-state index contributed by atoms with van der Waals surface area (Å²) in [4.78, 5) is 0. The molecule has 15 heavy (non-hydrogen) atoms. The van der Waals surface area contributed by atoms with Gasteiger partial charge in [-0.25, -0.2) is 4.39 Å². The Morgan fingerprint density at radius 1 is 1.53 bits per heavy atom. The zero-order valence-electron chi connectivity index (χ0n) is 8.76. The van der Waals surface area contributed by atoms with Crippen LogP contribution in [0.1, 0.15) is 20.3 Å². The number of hydrogen-bond donors (Lipinski definition) is 1. The van der Waals surface area contributed by atoms with Crippen molar-refractivity contribution >= 4 is 11.6 Å². The molecule has 0 saturated carbocycles. The zero-order chi connectivity index (χ0) is 11.5. The second-order valence-electron chi connectivity index (χ2n) is 3.69. The maximum absolute atomic E-state index is 13.3. The quantitative estimate of drug-likeness (QED) is 0.865. The zero-order valence-corrected chi connectivity index (χ0v) is 9.51. The van der Waals surface area contributed by atoms with E-state index in [9.17, 15) is 9.50 Å². The molecular formula is C11H14ClFO2. The molecule has 0 heterocycles. The van der Waals surface area contributed by atoms with Crippen molar-refractivity contribution in [2.24, 2.45) is 0 Å².